The quantitative estimate of drug-likeness (QED) is 0.335. The number of nitrogens with two attached hydrogens (primary N) is 1. The lowest BCUT2D eigenvalue weighted by Gasteiger charge is -2.17. The molecule has 0 radical (unpaired) electrons. The van der Waals surface area contributed by atoms with Crippen molar-refractivity contribution in [1.82, 2.24) is 5.32 Å². The van der Waals surface area contributed by atoms with Crippen molar-refractivity contribution in [2.75, 3.05) is 6.35 Å². The number of guanidine groups is 1. The molecule has 106 valence electrons. The Balaban J connectivity index is 2.65. The van der Waals surface area contributed by atoms with Gasteiger partial charge in [0.15, 0.2) is 5.96 Å². The average Bonchev–Trinajstić information content (AvgIpc) is 2.32. The van der Waals surface area contributed by atoms with E-state index in [9.17, 15) is 4.57 Å². The zero-order valence-electron chi connectivity index (χ0n) is 10.3. The molecule has 0 amide bonds. The molecule has 1 heterocycles. The summed E-state index contributed by atoms with van der Waals surface area (Å²) in [5.74, 6) is 0.530. The molecule has 1 aliphatic heterocycles. The molecular weight excluding hydrogens is 273 g/mol. The minimum atomic E-state index is -4.19. The summed E-state index contributed by atoms with van der Waals surface area (Å²) >= 11 is 0. The van der Waals surface area contributed by atoms with Crippen LogP contribution in [0.15, 0.2) is 21.4 Å². The van der Waals surface area contributed by atoms with Gasteiger partial charge in [-0.2, -0.15) is 0 Å². The molecule has 0 aliphatic carbocycles. The molecule has 1 rings (SSSR count). The lowest BCUT2D eigenvalue weighted by Crippen LogP contribution is -2.33. The van der Waals surface area contributed by atoms with Crippen LogP contribution in [0, 0.1) is 5.41 Å². The number of nitrogens with one attached hydrogen (secondary N) is 2. The van der Waals surface area contributed by atoms with Crippen LogP contribution in [0.25, 0.3) is 0 Å². The number of aliphatic imine (C=N–C) groups is 2. The summed E-state index contributed by atoms with van der Waals surface area (Å²) in [6.45, 7) is 1.64. The third-order valence-electron chi connectivity index (χ3n) is 2.14. The lowest BCUT2D eigenvalue weighted by atomic mass is 10.1. The molecule has 19 heavy (non-hydrogen) atoms. The third kappa shape index (κ3) is 5.75. The molecule has 0 aromatic rings. The Bertz CT molecular complexity index is 481. The fourth-order valence-corrected chi connectivity index (χ4v) is 1.76. The molecule has 0 fully saturated rings. The first-order valence-electron chi connectivity index (χ1n) is 5.34. The van der Waals surface area contributed by atoms with Gasteiger partial charge in [0, 0.05) is 18.2 Å². The summed E-state index contributed by atoms with van der Waals surface area (Å²) in [6, 6.07) is 0. The van der Waals surface area contributed by atoms with Crippen LogP contribution in [0.4, 0.5) is 0 Å². The van der Waals surface area contributed by atoms with Crippen molar-refractivity contribution in [2.45, 2.75) is 19.4 Å². The predicted octanol–water partition coefficient (Wildman–Crippen LogP) is -0.276. The van der Waals surface area contributed by atoms with Gasteiger partial charge in [0.1, 0.15) is 18.5 Å². The summed E-state index contributed by atoms with van der Waals surface area (Å²) in [4.78, 5) is 25.0. The molecule has 0 aromatic carbocycles. The number of hydrogen-bond acceptors (Lipinski definition) is 7. The van der Waals surface area contributed by atoms with Crippen LogP contribution >= 0.6 is 7.60 Å². The average molecular weight is 289 g/mol. The van der Waals surface area contributed by atoms with Gasteiger partial charge in [-0.1, -0.05) is 0 Å². The topological polar surface area (TPSA) is 153 Å². The Labute approximate surface area is 109 Å². The van der Waals surface area contributed by atoms with E-state index in [0.717, 1.165) is 6.21 Å². The van der Waals surface area contributed by atoms with Crippen molar-refractivity contribution in [3.8, 4) is 0 Å². The number of ether oxygens (including phenoxy) is 1. The molecule has 10 heteroatoms. The Morgan fingerprint density at radius 1 is 1.74 bits per heavy atom. The molecule has 9 nitrogen and oxygen atoms in total. The molecule has 0 spiro atoms. The third-order valence-corrected chi connectivity index (χ3v) is 2.63. The van der Waals surface area contributed by atoms with Crippen LogP contribution < -0.4 is 11.1 Å². The standard InChI is InChI=1S/C9H16N5O4P/c1-6(18-5-19(15,16)17)2-7(3-10)8-12-4-13-9(11)14-8/h3-4,6,10H,2,5H2,1H3,(H2,15,16,17)(H3,11,12,13,14)/b8-7-,10-3?/t6-/m1/s1. The van der Waals surface area contributed by atoms with Gasteiger partial charge in [-0.25, -0.2) is 9.98 Å². The second-order valence-electron chi connectivity index (χ2n) is 3.88. The van der Waals surface area contributed by atoms with Crippen LogP contribution in [0.1, 0.15) is 13.3 Å². The van der Waals surface area contributed by atoms with Crippen molar-refractivity contribution >= 4 is 26.1 Å². The molecular formula is C9H16N5O4P. The van der Waals surface area contributed by atoms with E-state index in [-0.39, 0.29) is 12.4 Å². The molecule has 1 aliphatic rings. The van der Waals surface area contributed by atoms with Gasteiger partial charge in [-0.05, 0) is 6.92 Å². The fraction of sp³-hybridized carbons (Fsp3) is 0.444. The minimum Gasteiger partial charge on any atom is -0.369 e. The minimum absolute atomic E-state index is 0.160. The van der Waals surface area contributed by atoms with Crippen molar-refractivity contribution in [2.24, 2.45) is 15.7 Å². The molecule has 0 bridgehead atoms. The molecule has 0 unspecified atom stereocenters. The molecule has 0 saturated carbocycles. The van der Waals surface area contributed by atoms with Gasteiger partial charge in [-0.15, -0.1) is 0 Å². The lowest BCUT2D eigenvalue weighted by molar-refractivity contribution is 0.0894. The smallest absolute Gasteiger partial charge is 0.350 e. The number of nitrogens with zero attached hydrogens (tertiary/aromatic N) is 2. The van der Waals surface area contributed by atoms with E-state index >= 15 is 0 Å². The van der Waals surface area contributed by atoms with Crippen molar-refractivity contribution in [3.05, 3.63) is 11.4 Å². The van der Waals surface area contributed by atoms with Crippen molar-refractivity contribution in [3.63, 3.8) is 0 Å². The highest BCUT2D eigenvalue weighted by molar-refractivity contribution is 7.51. The summed E-state index contributed by atoms with van der Waals surface area (Å²) < 4.78 is 15.7. The van der Waals surface area contributed by atoms with E-state index in [1.807, 2.05) is 0 Å². The number of rotatable bonds is 6. The van der Waals surface area contributed by atoms with Gasteiger partial charge in [0.25, 0.3) is 0 Å². The maximum atomic E-state index is 10.7. The van der Waals surface area contributed by atoms with E-state index in [4.69, 9.17) is 25.7 Å². The SMILES string of the molecule is C[C@H](C/C(C=N)=C1\N=CN=C(N)N1)OCP(=O)(O)O. The first-order valence-corrected chi connectivity index (χ1v) is 7.14. The Morgan fingerprint density at radius 2 is 2.42 bits per heavy atom. The first kappa shape index (κ1) is 15.5. The van der Waals surface area contributed by atoms with Crippen molar-refractivity contribution < 1.29 is 19.1 Å². The summed E-state index contributed by atoms with van der Waals surface area (Å²) in [5, 5.41) is 10.0. The first-order chi connectivity index (χ1) is 8.81. The normalized spacial score (nSPS) is 19.4. The van der Waals surface area contributed by atoms with Crippen LogP contribution in [0.2, 0.25) is 0 Å². The fourth-order valence-electron chi connectivity index (χ4n) is 1.31. The summed E-state index contributed by atoms with van der Waals surface area (Å²) in [7, 11) is -4.19. The molecule has 0 saturated heterocycles. The Kier molecular flexibility index (Phi) is 5.37. The summed E-state index contributed by atoms with van der Waals surface area (Å²) in [5.41, 5.74) is 5.96. The van der Waals surface area contributed by atoms with E-state index < -0.39 is 20.0 Å². The Morgan fingerprint density at radius 3 is 2.95 bits per heavy atom. The predicted molar refractivity (Wildman–Crippen MR) is 71.1 cm³/mol. The van der Waals surface area contributed by atoms with Crippen LogP contribution in [0.3, 0.4) is 0 Å². The van der Waals surface area contributed by atoms with E-state index in [0.29, 0.717) is 11.4 Å². The van der Waals surface area contributed by atoms with E-state index in [1.165, 1.54) is 6.34 Å². The maximum Gasteiger partial charge on any atom is 0.350 e. The highest BCUT2D eigenvalue weighted by atomic mass is 31.2. The molecule has 1 atom stereocenters. The largest absolute Gasteiger partial charge is 0.369 e. The van der Waals surface area contributed by atoms with Gasteiger partial charge in [0.05, 0.1) is 6.10 Å². The summed E-state index contributed by atoms with van der Waals surface area (Å²) in [6.07, 6.45) is 1.46. The Hall–Kier alpha value is -1.54. The van der Waals surface area contributed by atoms with Gasteiger partial charge in [-0.3, -0.25) is 4.57 Å². The van der Waals surface area contributed by atoms with Gasteiger partial charge < -0.3 is 31.0 Å². The van der Waals surface area contributed by atoms with Crippen LogP contribution in [-0.4, -0.2) is 40.8 Å². The molecule has 6 N–H and O–H groups in total. The highest BCUT2D eigenvalue weighted by Crippen LogP contribution is 2.34. The van der Waals surface area contributed by atoms with Crippen molar-refractivity contribution in [1.29, 1.82) is 5.41 Å². The van der Waals surface area contributed by atoms with Crippen LogP contribution in [0.5, 0.6) is 0 Å². The second kappa shape index (κ2) is 6.58. The zero-order valence-corrected chi connectivity index (χ0v) is 11.2. The van der Waals surface area contributed by atoms with E-state index in [2.05, 4.69) is 15.3 Å². The van der Waals surface area contributed by atoms with Gasteiger partial charge in [0.2, 0.25) is 0 Å². The monoisotopic (exact) mass is 289 g/mol. The van der Waals surface area contributed by atoms with Crippen LogP contribution in [-0.2, 0) is 9.30 Å². The maximum absolute atomic E-state index is 10.7. The second-order valence-corrected chi connectivity index (χ2v) is 5.46. The van der Waals surface area contributed by atoms with Gasteiger partial charge >= 0.3 is 7.60 Å². The number of hydrogen-bond donors (Lipinski definition) is 5. The zero-order chi connectivity index (χ0) is 14.5. The molecule has 0 aromatic heterocycles. The van der Waals surface area contributed by atoms with E-state index in [1.54, 1.807) is 6.92 Å². The highest BCUT2D eigenvalue weighted by Gasteiger charge is 2.17.